The summed E-state index contributed by atoms with van der Waals surface area (Å²) >= 11 is 0. The van der Waals surface area contributed by atoms with Gasteiger partial charge in [0.15, 0.2) is 0 Å². The maximum atomic E-state index is 10.2. The van der Waals surface area contributed by atoms with Crippen molar-refractivity contribution in [3.05, 3.63) is 95.1 Å². The number of hydrogen-bond donors (Lipinski definition) is 4. The summed E-state index contributed by atoms with van der Waals surface area (Å²) < 4.78 is 47.5. The van der Waals surface area contributed by atoms with E-state index < -0.39 is 27.1 Å². The average molecular weight is 781 g/mol. The molecule has 4 heterocycles. The first kappa shape index (κ1) is 37.1. The van der Waals surface area contributed by atoms with Gasteiger partial charge in [0.2, 0.25) is 0 Å². The summed E-state index contributed by atoms with van der Waals surface area (Å²) in [5.41, 5.74) is 5.79. The van der Waals surface area contributed by atoms with E-state index in [0.717, 1.165) is 44.5 Å². The van der Waals surface area contributed by atoms with Crippen molar-refractivity contribution < 1.29 is 58.3 Å². The molecule has 4 N–H and O–H groups in total. The van der Waals surface area contributed by atoms with E-state index in [9.17, 15) is 20.4 Å². The highest BCUT2D eigenvalue weighted by atomic mass is 16.5. The summed E-state index contributed by atoms with van der Waals surface area (Å²) in [4.78, 5) is 0. The minimum atomic E-state index is -0.796. The first-order valence-corrected chi connectivity index (χ1v) is 19.7. The lowest BCUT2D eigenvalue weighted by atomic mass is 9.70. The zero-order chi connectivity index (χ0) is 38.9. The van der Waals surface area contributed by atoms with Crippen LogP contribution < -0.4 is 18.9 Å². The van der Waals surface area contributed by atoms with Gasteiger partial charge in [0.05, 0.1) is 106 Å². The lowest BCUT2D eigenvalue weighted by Gasteiger charge is -2.39. The van der Waals surface area contributed by atoms with Gasteiger partial charge in [0.1, 0.15) is 49.4 Å². The number of aliphatic hydroxyl groups excluding tert-OH is 4. The van der Waals surface area contributed by atoms with Crippen LogP contribution in [0.4, 0.5) is 0 Å². The fraction of sp³-hybridized carbons (Fsp3) is 0.467. The standard InChI is InChI=1S/C45H48O12/c46-13-41(17-50-18-41)25-54-29-3-7-37-35(9-29)36-10-30(55-26-42(14-47)19-51-20-42)4-8-38(36)45(37)39-11-31(56-27-43(15-48)21-52-22-43)1-5-33(39)34-6-2-32(12-40(34)45)57-28-44(16-49)23-53-24-44/h1-12,46-49H,13-28H2. The van der Waals surface area contributed by atoms with Crippen molar-refractivity contribution in [2.75, 3.05) is 106 Å². The molecule has 57 heavy (non-hydrogen) atoms. The van der Waals surface area contributed by atoms with Crippen LogP contribution in [-0.4, -0.2) is 126 Å². The number of hydrogen-bond acceptors (Lipinski definition) is 12. The molecule has 6 aliphatic rings. The van der Waals surface area contributed by atoms with Crippen LogP contribution in [0, 0.1) is 21.7 Å². The Morgan fingerprint density at radius 3 is 0.947 bits per heavy atom. The fourth-order valence-corrected chi connectivity index (χ4v) is 8.90. The summed E-state index contributed by atoms with van der Waals surface area (Å²) in [6, 6.07) is 24.9. The Balaban J connectivity index is 1.11. The van der Waals surface area contributed by atoms with E-state index in [1.54, 1.807) is 0 Å². The molecule has 4 aromatic rings. The highest BCUT2D eigenvalue weighted by Gasteiger charge is 2.53. The molecule has 2 aliphatic carbocycles. The van der Waals surface area contributed by atoms with Gasteiger partial charge >= 0.3 is 0 Å². The molecular formula is C45H48O12. The van der Waals surface area contributed by atoms with Crippen LogP contribution in [0.3, 0.4) is 0 Å². The van der Waals surface area contributed by atoms with Crippen LogP contribution in [0.2, 0.25) is 0 Å². The van der Waals surface area contributed by atoms with Crippen molar-refractivity contribution in [3.63, 3.8) is 0 Å². The van der Waals surface area contributed by atoms with Gasteiger partial charge in [-0.2, -0.15) is 0 Å². The third-order valence-corrected chi connectivity index (χ3v) is 12.9. The largest absolute Gasteiger partial charge is 0.493 e. The SMILES string of the molecule is OCC1(COc2ccc3c(c2)-c2cc(OCC4(CO)COC4)ccc2C32c3cc(OCC4(CO)COC4)ccc3-c3ccc(OCC4(CO)COC4)cc32)COC1. The predicted molar refractivity (Wildman–Crippen MR) is 206 cm³/mol. The molecule has 0 amide bonds. The number of aliphatic hydroxyl groups is 4. The third kappa shape index (κ3) is 5.87. The van der Waals surface area contributed by atoms with Crippen LogP contribution in [-0.2, 0) is 24.4 Å². The minimum Gasteiger partial charge on any atom is -0.493 e. The molecule has 4 saturated heterocycles. The second-order valence-electron chi connectivity index (χ2n) is 17.3. The molecule has 4 fully saturated rings. The van der Waals surface area contributed by atoms with Crippen molar-refractivity contribution in [1.29, 1.82) is 0 Å². The molecule has 4 aromatic carbocycles. The molecule has 0 radical (unpaired) electrons. The Kier molecular flexibility index (Phi) is 9.07. The normalized spacial score (nSPS) is 21.4. The molecule has 1 spiro atoms. The molecule has 0 saturated carbocycles. The minimum absolute atomic E-state index is 0.0196. The van der Waals surface area contributed by atoms with E-state index in [1.165, 1.54) is 0 Å². The van der Waals surface area contributed by atoms with E-state index in [0.29, 0.717) is 102 Å². The Morgan fingerprint density at radius 1 is 0.368 bits per heavy atom. The Morgan fingerprint density at radius 2 is 0.667 bits per heavy atom. The molecule has 300 valence electrons. The number of ether oxygens (including phenoxy) is 8. The van der Waals surface area contributed by atoms with Crippen LogP contribution in [0.25, 0.3) is 22.3 Å². The van der Waals surface area contributed by atoms with Gasteiger partial charge in [0.25, 0.3) is 0 Å². The highest BCUT2D eigenvalue weighted by molar-refractivity contribution is 5.96. The molecular weight excluding hydrogens is 732 g/mol. The van der Waals surface area contributed by atoms with Crippen molar-refractivity contribution in [1.82, 2.24) is 0 Å². The van der Waals surface area contributed by atoms with E-state index in [4.69, 9.17) is 37.9 Å². The summed E-state index contributed by atoms with van der Waals surface area (Å²) in [7, 11) is 0. The lowest BCUT2D eigenvalue weighted by Crippen LogP contribution is -2.49. The maximum Gasteiger partial charge on any atom is 0.119 e. The van der Waals surface area contributed by atoms with Gasteiger partial charge in [-0.15, -0.1) is 0 Å². The van der Waals surface area contributed by atoms with Gasteiger partial charge < -0.3 is 58.3 Å². The number of fused-ring (bicyclic) bond motifs is 10. The number of benzene rings is 4. The Labute approximate surface area is 330 Å². The smallest absolute Gasteiger partial charge is 0.119 e. The summed E-state index contributed by atoms with van der Waals surface area (Å²) in [5.74, 6) is 2.73. The second kappa shape index (κ2) is 14.0. The molecule has 12 nitrogen and oxygen atoms in total. The summed E-state index contributed by atoms with van der Waals surface area (Å²) in [6.45, 7) is 4.80. The van der Waals surface area contributed by atoms with E-state index in [-0.39, 0.29) is 26.4 Å². The second-order valence-corrected chi connectivity index (χ2v) is 17.3. The van der Waals surface area contributed by atoms with Gasteiger partial charge in [-0.1, -0.05) is 24.3 Å². The van der Waals surface area contributed by atoms with Gasteiger partial charge in [-0.05, 0) is 93.0 Å². The molecule has 12 heteroatoms. The van der Waals surface area contributed by atoms with Gasteiger partial charge in [0, 0.05) is 0 Å². The van der Waals surface area contributed by atoms with Crippen LogP contribution in [0.15, 0.2) is 72.8 Å². The van der Waals surface area contributed by atoms with E-state index in [2.05, 4.69) is 48.5 Å². The average Bonchev–Trinajstić information content (AvgIpc) is 3.62. The Hall–Kier alpha value is -4.24. The first-order chi connectivity index (χ1) is 27.8. The van der Waals surface area contributed by atoms with Crippen molar-refractivity contribution >= 4 is 0 Å². The van der Waals surface area contributed by atoms with Gasteiger partial charge in [-0.3, -0.25) is 0 Å². The molecule has 10 rings (SSSR count). The van der Waals surface area contributed by atoms with E-state index >= 15 is 0 Å². The van der Waals surface area contributed by atoms with Crippen LogP contribution in [0.5, 0.6) is 23.0 Å². The lowest BCUT2D eigenvalue weighted by molar-refractivity contribution is -0.153. The highest BCUT2D eigenvalue weighted by Crippen LogP contribution is 2.64. The Bertz CT molecular complexity index is 1990. The summed E-state index contributed by atoms with van der Waals surface area (Å²) in [6.07, 6.45) is 0. The van der Waals surface area contributed by atoms with Gasteiger partial charge in [-0.25, -0.2) is 0 Å². The third-order valence-electron chi connectivity index (χ3n) is 12.9. The molecule has 0 bridgehead atoms. The van der Waals surface area contributed by atoms with Crippen molar-refractivity contribution in [2.45, 2.75) is 5.41 Å². The van der Waals surface area contributed by atoms with Crippen LogP contribution >= 0.6 is 0 Å². The zero-order valence-electron chi connectivity index (χ0n) is 31.8. The topological polar surface area (TPSA) is 155 Å². The van der Waals surface area contributed by atoms with E-state index in [1.807, 2.05) is 24.3 Å². The van der Waals surface area contributed by atoms with Crippen molar-refractivity contribution in [2.24, 2.45) is 21.7 Å². The zero-order valence-corrected chi connectivity index (χ0v) is 31.8. The molecule has 4 aliphatic heterocycles. The molecule has 0 atom stereocenters. The van der Waals surface area contributed by atoms with Crippen molar-refractivity contribution in [3.8, 4) is 45.3 Å². The monoisotopic (exact) mass is 780 g/mol. The molecule has 0 aromatic heterocycles. The first-order valence-electron chi connectivity index (χ1n) is 19.7. The van der Waals surface area contributed by atoms with Crippen LogP contribution in [0.1, 0.15) is 22.3 Å². The quantitative estimate of drug-likeness (QED) is 0.114. The maximum absolute atomic E-state index is 10.2. The fourth-order valence-electron chi connectivity index (χ4n) is 8.90. The molecule has 0 unspecified atom stereocenters. The number of rotatable bonds is 16. The summed E-state index contributed by atoms with van der Waals surface area (Å²) in [5, 5.41) is 40.5. The predicted octanol–water partition coefficient (Wildman–Crippen LogP) is 3.58.